The van der Waals surface area contributed by atoms with E-state index in [-0.39, 0.29) is 11.9 Å². The number of likely N-dealkylation sites (tertiary alicyclic amines) is 1. The zero-order chi connectivity index (χ0) is 17.5. The van der Waals surface area contributed by atoms with E-state index in [0.717, 1.165) is 73.2 Å². The Morgan fingerprint density at radius 2 is 2.00 bits per heavy atom. The van der Waals surface area contributed by atoms with Gasteiger partial charge in [-0.25, -0.2) is 4.98 Å². The molecule has 1 aliphatic carbocycles. The zero-order valence-electron chi connectivity index (χ0n) is 14.8. The first-order valence-corrected chi connectivity index (χ1v) is 9.63. The van der Waals surface area contributed by atoms with Crippen LogP contribution in [0.15, 0.2) is 24.3 Å². The number of rotatable bonds is 2. The number of H-pyrrole nitrogens is 2. The van der Waals surface area contributed by atoms with Crippen molar-refractivity contribution in [3.05, 3.63) is 47.0 Å². The van der Waals surface area contributed by atoms with Gasteiger partial charge in [-0.15, -0.1) is 0 Å². The average Bonchev–Trinajstić information content (AvgIpc) is 3.31. The van der Waals surface area contributed by atoms with E-state index in [1.807, 2.05) is 29.2 Å². The molecule has 6 heteroatoms. The number of aryl methyl sites for hydroxylation is 1. The molecule has 26 heavy (non-hydrogen) atoms. The van der Waals surface area contributed by atoms with Crippen molar-refractivity contribution in [2.45, 2.75) is 51.0 Å². The molecule has 1 amide bonds. The third kappa shape index (κ3) is 2.52. The van der Waals surface area contributed by atoms with Gasteiger partial charge in [0.1, 0.15) is 5.82 Å². The van der Waals surface area contributed by atoms with Crippen LogP contribution in [0.1, 0.15) is 65.7 Å². The summed E-state index contributed by atoms with van der Waals surface area (Å²) in [7, 11) is 0. The average molecular weight is 349 g/mol. The van der Waals surface area contributed by atoms with Crippen LogP contribution in [0.5, 0.6) is 0 Å². The lowest BCUT2D eigenvalue weighted by atomic mass is 9.94. The van der Waals surface area contributed by atoms with Crippen molar-refractivity contribution in [1.82, 2.24) is 25.1 Å². The molecule has 1 fully saturated rings. The Kier molecular flexibility index (Phi) is 3.76. The molecule has 6 nitrogen and oxygen atoms in total. The van der Waals surface area contributed by atoms with Gasteiger partial charge in [0.25, 0.3) is 5.91 Å². The van der Waals surface area contributed by atoms with Crippen molar-refractivity contribution in [2.75, 3.05) is 6.54 Å². The fourth-order valence-corrected chi connectivity index (χ4v) is 4.38. The van der Waals surface area contributed by atoms with Crippen molar-refractivity contribution in [2.24, 2.45) is 0 Å². The van der Waals surface area contributed by atoms with E-state index in [4.69, 9.17) is 4.98 Å². The fourth-order valence-electron chi connectivity index (χ4n) is 4.38. The van der Waals surface area contributed by atoms with Gasteiger partial charge in [0.2, 0.25) is 0 Å². The molecular weight excluding hydrogens is 326 g/mol. The fraction of sp³-hybridized carbons (Fsp3) is 0.450. The smallest absolute Gasteiger partial charge is 0.275 e. The first kappa shape index (κ1) is 15.6. The third-order valence-electron chi connectivity index (χ3n) is 5.75. The second-order valence-electron chi connectivity index (χ2n) is 7.39. The molecule has 0 bridgehead atoms. The van der Waals surface area contributed by atoms with Crippen LogP contribution >= 0.6 is 0 Å². The van der Waals surface area contributed by atoms with Gasteiger partial charge in [0.15, 0.2) is 5.69 Å². The van der Waals surface area contributed by atoms with Gasteiger partial charge in [-0.3, -0.25) is 9.89 Å². The summed E-state index contributed by atoms with van der Waals surface area (Å²) in [5, 5.41) is 7.50. The molecule has 0 radical (unpaired) electrons. The van der Waals surface area contributed by atoms with Crippen molar-refractivity contribution in [3.63, 3.8) is 0 Å². The Hall–Kier alpha value is -2.63. The molecule has 2 aliphatic rings. The summed E-state index contributed by atoms with van der Waals surface area (Å²) < 4.78 is 0. The number of carbonyl (C=O) groups excluding carboxylic acids is 1. The number of carbonyl (C=O) groups is 1. The van der Waals surface area contributed by atoms with E-state index < -0.39 is 0 Å². The molecule has 1 saturated heterocycles. The number of aromatic amines is 2. The normalized spacial score (nSPS) is 20.3. The molecular formula is C20H23N5O. The number of para-hydroxylation sites is 2. The van der Waals surface area contributed by atoms with E-state index in [1.165, 1.54) is 6.42 Å². The largest absolute Gasteiger partial charge is 0.340 e. The lowest BCUT2D eigenvalue weighted by Gasteiger charge is -2.34. The summed E-state index contributed by atoms with van der Waals surface area (Å²) in [6, 6.07) is 8.04. The number of amides is 1. The lowest BCUT2D eigenvalue weighted by Crippen LogP contribution is -2.39. The van der Waals surface area contributed by atoms with Gasteiger partial charge in [-0.05, 0) is 57.1 Å². The number of nitrogens with zero attached hydrogens (tertiary/aromatic N) is 3. The number of fused-ring (bicyclic) bond motifs is 2. The van der Waals surface area contributed by atoms with E-state index in [9.17, 15) is 4.79 Å². The minimum Gasteiger partial charge on any atom is -0.340 e. The summed E-state index contributed by atoms with van der Waals surface area (Å²) in [6.07, 6.45) is 7.37. The second-order valence-corrected chi connectivity index (χ2v) is 7.39. The SMILES string of the molecule is O=C(c1n[nH]c2c1CCCC2)N1CCCC[C@H]1c1nc2ccccc2[nH]1. The Bertz CT molecular complexity index is 923. The van der Waals surface area contributed by atoms with Gasteiger partial charge in [0, 0.05) is 17.8 Å². The first-order valence-electron chi connectivity index (χ1n) is 9.63. The number of hydrogen-bond acceptors (Lipinski definition) is 3. The van der Waals surface area contributed by atoms with Gasteiger partial charge < -0.3 is 9.88 Å². The Morgan fingerprint density at radius 1 is 1.12 bits per heavy atom. The molecule has 2 aromatic heterocycles. The highest BCUT2D eigenvalue weighted by Crippen LogP contribution is 2.33. The Morgan fingerprint density at radius 3 is 2.92 bits per heavy atom. The third-order valence-corrected chi connectivity index (χ3v) is 5.75. The van der Waals surface area contributed by atoms with E-state index >= 15 is 0 Å². The first-order chi connectivity index (χ1) is 12.8. The monoisotopic (exact) mass is 349 g/mol. The summed E-state index contributed by atoms with van der Waals surface area (Å²) in [6.45, 7) is 0.766. The van der Waals surface area contributed by atoms with Crippen LogP contribution < -0.4 is 0 Å². The minimum absolute atomic E-state index is 0.000379. The number of aromatic nitrogens is 4. The van der Waals surface area contributed by atoms with Crippen molar-refractivity contribution in [1.29, 1.82) is 0 Å². The summed E-state index contributed by atoms with van der Waals surface area (Å²) >= 11 is 0. The van der Waals surface area contributed by atoms with Crippen LogP contribution in [0, 0.1) is 0 Å². The van der Waals surface area contributed by atoms with Gasteiger partial charge in [-0.2, -0.15) is 5.10 Å². The number of hydrogen-bond donors (Lipinski definition) is 2. The molecule has 0 spiro atoms. The summed E-state index contributed by atoms with van der Waals surface area (Å²) in [5.41, 5.74) is 4.89. The van der Waals surface area contributed by atoms with Crippen LogP contribution in [0.3, 0.4) is 0 Å². The molecule has 1 aromatic carbocycles. The Labute approximate surface area is 152 Å². The topological polar surface area (TPSA) is 77.7 Å². The van der Waals surface area contributed by atoms with E-state index in [0.29, 0.717) is 5.69 Å². The van der Waals surface area contributed by atoms with E-state index in [2.05, 4.69) is 15.2 Å². The van der Waals surface area contributed by atoms with Crippen LogP contribution in [-0.2, 0) is 12.8 Å². The molecule has 5 rings (SSSR count). The molecule has 1 atom stereocenters. The molecule has 0 saturated carbocycles. The molecule has 1 aliphatic heterocycles. The minimum atomic E-state index is -0.000379. The maximum absolute atomic E-state index is 13.3. The highest BCUT2D eigenvalue weighted by atomic mass is 16.2. The number of imidazole rings is 1. The van der Waals surface area contributed by atoms with Gasteiger partial charge in [-0.1, -0.05) is 12.1 Å². The summed E-state index contributed by atoms with van der Waals surface area (Å²) in [4.78, 5) is 23.5. The molecule has 3 heterocycles. The molecule has 2 N–H and O–H groups in total. The summed E-state index contributed by atoms with van der Waals surface area (Å²) in [5.74, 6) is 0.943. The molecule has 3 aromatic rings. The quantitative estimate of drug-likeness (QED) is 0.743. The standard InChI is InChI=1S/C20H23N5O/c26-20(18-13-7-1-2-8-14(13)23-24-18)25-12-6-5-11-17(25)19-21-15-9-3-4-10-16(15)22-19/h3-4,9-10,17H,1-2,5-8,11-12H2,(H,21,22)(H,23,24)/t17-/m0/s1. The van der Waals surface area contributed by atoms with Crippen molar-refractivity contribution >= 4 is 16.9 Å². The van der Waals surface area contributed by atoms with E-state index in [1.54, 1.807) is 0 Å². The Balaban J connectivity index is 1.49. The zero-order valence-corrected chi connectivity index (χ0v) is 14.8. The number of benzene rings is 1. The highest BCUT2D eigenvalue weighted by Gasteiger charge is 2.33. The number of nitrogens with one attached hydrogen (secondary N) is 2. The van der Waals surface area contributed by atoms with Gasteiger partial charge >= 0.3 is 0 Å². The van der Waals surface area contributed by atoms with Crippen LogP contribution in [-0.4, -0.2) is 37.5 Å². The highest BCUT2D eigenvalue weighted by molar-refractivity contribution is 5.94. The van der Waals surface area contributed by atoms with Crippen LogP contribution in [0.25, 0.3) is 11.0 Å². The number of piperidine rings is 1. The predicted octanol–water partition coefficient (Wildman–Crippen LogP) is 3.53. The maximum atomic E-state index is 13.3. The van der Waals surface area contributed by atoms with Crippen LogP contribution in [0.2, 0.25) is 0 Å². The predicted molar refractivity (Wildman–Crippen MR) is 99.0 cm³/mol. The van der Waals surface area contributed by atoms with Crippen molar-refractivity contribution < 1.29 is 4.79 Å². The maximum Gasteiger partial charge on any atom is 0.275 e. The lowest BCUT2D eigenvalue weighted by molar-refractivity contribution is 0.0594. The van der Waals surface area contributed by atoms with Gasteiger partial charge in [0.05, 0.1) is 17.1 Å². The van der Waals surface area contributed by atoms with Crippen LogP contribution in [0.4, 0.5) is 0 Å². The second kappa shape index (κ2) is 6.27. The molecule has 0 unspecified atom stereocenters. The van der Waals surface area contributed by atoms with Crippen molar-refractivity contribution in [3.8, 4) is 0 Å². The molecule has 134 valence electrons.